The fraction of sp³-hybridized carbons (Fsp3) is 0.111. The van der Waals surface area contributed by atoms with Crippen LogP contribution in [0.25, 0.3) is 11.1 Å². The van der Waals surface area contributed by atoms with E-state index in [9.17, 15) is 27.0 Å². The van der Waals surface area contributed by atoms with Gasteiger partial charge in [0.05, 0.1) is 11.5 Å². The summed E-state index contributed by atoms with van der Waals surface area (Å²) in [4.78, 5) is 0. The number of sulfonamides is 2. The Morgan fingerprint density at radius 1 is 0.568 bits per heavy atom. The minimum Gasteiger partial charge on any atom is -0.508 e. The molecule has 0 amide bonds. The maximum atomic E-state index is 12.6. The number of hydrogen-bond acceptors (Lipinski definition) is 6. The third-order valence-corrected chi connectivity index (χ3v) is 8.53. The molecule has 0 bridgehead atoms. The quantitative estimate of drug-likeness (QED) is 0.215. The second-order valence-corrected chi connectivity index (χ2v) is 12.4. The Bertz CT molecular complexity index is 1560. The van der Waals surface area contributed by atoms with Gasteiger partial charge in [-0.25, -0.2) is 16.8 Å². The van der Waals surface area contributed by atoms with Crippen molar-refractivity contribution in [1.82, 2.24) is 0 Å². The molecule has 0 aliphatic heterocycles. The zero-order valence-electron chi connectivity index (χ0n) is 19.5. The first-order chi connectivity index (χ1) is 17.6. The fourth-order valence-electron chi connectivity index (χ4n) is 4.43. The van der Waals surface area contributed by atoms with Crippen LogP contribution >= 0.6 is 0 Å². The van der Waals surface area contributed by atoms with Gasteiger partial charge in [-0.15, -0.1) is 0 Å². The predicted octanol–water partition coefficient (Wildman–Crippen LogP) is 4.55. The van der Waals surface area contributed by atoms with Crippen molar-refractivity contribution >= 4 is 31.4 Å². The summed E-state index contributed by atoms with van der Waals surface area (Å²) in [6.07, 6.45) is 0.573. The van der Waals surface area contributed by atoms with E-state index in [0.29, 0.717) is 28.9 Å². The van der Waals surface area contributed by atoms with Gasteiger partial charge in [0.15, 0.2) is 0 Å². The van der Waals surface area contributed by atoms with Gasteiger partial charge in [-0.2, -0.15) is 0 Å². The Balaban J connectivity index is 1.29. The topological polar surface area (TPSA) is 133 Å². The lowest BCUT2D eigenvalue weighted by molar-refractivity contribution is 0.475. The number of rotatable bonds is 8. The molecular weight excluding hydrogens is 512 g/mol. The number of fused-ring (bicyclic) bond motifs is 3. The van der Waals surface area contributed by atoms with Crippen LogP contribution in [0.1, 0.15) is 22.3 Å². The molecule has 4 N–H and O–H groups in total. The summed E-state index contributed by atoms with van der Waals surface area (Å²) >= 11 is 0. The minimum atomic E-state index is -3.66. The van der Waals surface area contributed by atoms with Gasteiger partial charge in [-0.05, 0) is 88.3 Å². The van der Waals surface area contributed by atoms with Crippen LogP contribution < -0.4 is 9.44 Å². The summed E-state index contributed by atoms with van der Waals surface area (Å²) < 4.78 is 55.6. The number of phenols is 2. The lowest BCUT2D eigenvalue weighted by Crippen LogP contribution is -2.15. The SMILES string of the molecule is O=S(=O)(Cc1ccc2c(c1)Cc1cc(CS(=O)(=O)Nc3ccc(O)cc3)ccc1-2)Nc1ccc(O)cc1. The summed E-state index contributed by atoms with van der Waals surface area (Å²) in [5.74, 6) is -0.306. The van der Waals surface area contributed by atoms with Crippen LogP contribution in [0, 0.1) is 0 Å². The van der Waals surface area contributed by atoms with E-state index in [-0.39, 0.29) is 23.0 Å². The summed E-state index contributed by atoms with van der Waals surface area (Å²) in [5.41, 5.74) is 5.97. The molecule has 0 heterocycles. The van der Waals surface area contributed by atoms with Crippen LogP contribution in [-0.4, -0.2) is 27.0 Å². The first kappa shape index (κ1) is 24.7. The molecule has 37 heavy (non-hydrogen) atoms. The number of aromatic hydroxyl groups is 2. The van der Waals surface area contributed by atoms with Gasteiger partial charge in [-0.3, -0.25) is 9.44 Å². The highest BCUT2D eigenvalue weighted by atomic mass is 32.2. The van der Waals surface area contributed by atoms with Crippen LogP contribution in [0.2, 0.25) is 0 Å². The van der Waals surface area contributed by atoms with Gasteiger partial charge in [0.25, 0.3) is 0 Å². The normalized spacial score (nSPS) is 12.5. The minimum absolute atomic E-state index is 0.0514. The lowest BCUT2D eigenvalue weighted by Gasteiger charge is -2.10. The van der Waals surface area contributed by atoms with Crippen molar-refractivity contribution in [1.29, 1.82) is 0 Å². The Morgan fingerprint density at radius 2 is 0.946 bits per heavy atom. The molecule has 0 radical (unpaired) electrons. The molecule has 1 aliphatic rings. The van der Waals surface area contributed by atoms with Crippen molar-refractivity contribution < 1.29 is 27.0 Å². The molecule has 0 saturated heterocycles. The summed E-state index contributed by atoms with van der Waals surface area (Å²) in [6.45, 7) is 0. The van der Waals surface area contributed by atoms with E-state index in [1.54, 1.807) is 12.1 Å². The molecule has 4 aromatic carbocycles. The summed E-state index contributed by atoms with van der Waals surface area (Å²) in [5, 5.41) is 18.8. The first-order valence-corrected chi connectivity index (χ1v) is 14.7. The molecule has 0 spiro atoms. The molecule has 10 heteroatoms. The number of benzene rings is 4. The molecule has 5 rings (SSSR count). The van der Waals surface area contributed by atoms with E-state index in [0.717, 1.165) is 22.3 Å². The van der Waals surface area contributed by atoms with Gasteiger partial charge in [0.1, 0.15) is 11.5 Å². The van der Waals surface area contributed by atoms with Gasteiger partial charge < -0.3 is 10.2 Å². The molecule has 0 fully saturated rings. The zero-order chi connectivity index (χ0) is 26.2. The second-order valence-electron chi connectivity index (χ2n) is 8.98. The van der Waals surface area contributed by atoms with Crippen molar-refractivity contribution in [3.63, 3.8) is 0 Å². The molecule has 0 saturated carbocycles. The van der Waals surface area contributed by atoms with Crippen LogP contribution in [0.3, 0.4) is 0 Å². The Kier molecular flexibility index (Phi) is 6.30. The number of nitrogens with one attached hydrogen (secondary N) is 2. The molecule has 190 valence electrons. The van der Waals surface area contributed by atoms with Crippen LogP contribution in [0.5, 0.6) is 11.5 Å². The molecule has 4 aromatic rings. The molecule has 0 aromatic heterocycles. The van der Waals surface area contributed by atoms with E-state index in [2.05, 4.69) is 9.44 Å². The maximum Gasteiger partial charge on any atom is 0.236 e. The molecule has 1 aliphatic carbocycles. The fourth-order valence-corrected chi connectivity index (χ4v) is 6.80. The van der Waals surface area contributed by atoms with Gasteiger partial charge in [-0.1, -0.05) is 36.4 Å². The smallest absolute Gasteiger partial charge is 0.236 e. The second kappa shape index (κ2) is 9.45. The Morgan fingerprint density at radius 3 is 1.32 bits per heavy atom. The van der Waals surface area contributed by atoms with Gasteiger partial charge in [0.2, 0.25) is 20.0 Å². The van der Waals surface area contributed by atoms with Crippen molar-refractivity contribution in [2.24, 2.45) is 0 Å². The Labute approximate surface area is 215 Å². The molecular formula is C27H24N2O6S2. The van der Waals surface area contributed by atoms with E-state index >= 15 is 0 Å². The van der Waals surface area contributed by atoms with E-state index in [1.807, 2.05) is 24.3 Å². The van der Waals surface area contributed by atoms with E-state index in [4.69, 9.17) is 0 Å². The zero-order valence-corrected chi connectivity index (χ0v) is 21.2. The third-order valence-electron chi connectivity index (χ3n) is 6.01. The van der Waals surface area contributed by atoms with Crippen molar-refractivity contribution in [2.45, 2.75) is 17.9 Å². The largest absolute Gasteiger partial charge is 0.508 e. The monoisotopic (exact) mass is 536 g/mol. The average molecular weight is 537 g/mol. The van der Waals surface area contributed by atoms with Gasteiger partial charge in [0, 0.05) is 11.4 Å². The van der Waals surface area contributed by atoms with E-state index in [1.165, 1.54) is 48.5 Å². The van der Waals surface area contributed by atoms with Crippen molar-refractivity contribution in [3.8, 4) is 22.6 Å². The van der Waals surface area contributed by atoms with Crippen LogP contribution in [0.4, 0.5) is 11.4 Å². The van der Waals surface area contributed by atoms with Gasteiger partial charge >= 0.3 is 0 Å². The summed E-state index contributed by atoms with van der Waals surface area (Å²) in [6, 6.07) is 22.7. The Hall–Kier alpha value is -4.02. The number of hydrogen-bond donors (Lipinski definition) is 4. The van der Waals surface area contributed by atoms with E-state index < -0.39 is 20.0 Å². The van der Waals surface area contributed by atoms with Crippen molar-refractivity contribution in [3.05, 3.63) is 107 Å². The number of phenolic OH excluding ortho intramolecular Hbond substituents is 2. The highest BCUT2D eigenvalue weighted by Crippen LogP contribution is 2.38. The predicted molar refractivity (Wildman–Crippen MR) is 143 cm³/mol. The molecule has 0 atom stereocenters. The highest BCUT2D eigenvalue weighted by Gasteiger charge is 2.22. The molecule has 8 nitrogen and oxygen atoms in total. The summed E-state index contributed by atoms with van der Waals surface area (Å²) in [7, 11) is -7.32. The maximum absolute atomic E-state index is 12.6. The molecule has 0 unspecified atom stereocenters. The highest BCUT2D eigenvalue weighted by molar-refractivity contribution is 7.92. The average Bonchev–Trinajstić information content (AvgIpc) is 3.18. The lowest BCUT2D eigenvalue weighted by atomic mass is 10.0. The van der Waals surface area contributed by atoms with Crippen molar-refractivity contribution in [2.75, 3.05) is 9.44 Å². The van der Waals surface area contributed by atoms with Crippen LogP contribution in [-0.2, 0) is 38.0 Å². The first-order valence-electron chi connectivity index (χ1n) is 11.4. The standard InChI is InChI=1S/C27H24N2O6S2/c30-24-7-3-22(4-8-24)28-36(32,33)16-18-1-11-26-20(13-18)15-21-14-19(2-12-27(21)26)17-37(34,35)29-23-5-9-25(31)10-6-23/h1-14,28-31H,15-17H2. The number of anilines is 2. The third kappa shape index (κ3) is 5.87. The van der Waals surface area contributed by atoms with Crippen LogP contribution in [0.15, 0.2) is 84.9 Å².